The summed E-state index contributed by atoms with van der Waals surface area (Å²) in [5.74, 6) is 0.134. The van der Waals surface area contributed by atoms with Gasteiger partial charge in [0.15, 0.2) is 0 Å². The lowest BCUT2D eigenvalue weighted by Crippen LogP contribution is -2.47. The molecule has 6 nitrogen and oxygen atoms in total. The number of carbonyl (C=O) groups is 2. The molecule has 3 rings (SSSR count). The fourth-order valence-corrected chi connectivity index (χ4v) is 3.82. The van der Waals surface area contributed by atoms with Crippen LogP contribution < -0.4 is 10.6 Å². The first kappa shape index (κ1) is 17.9. The highest BCUT2D eigenvalue weighted by Gasteiger charge is 2.28. The van der Waals surface area contributed by atoms with E-state index in [9.17, 15) is 9.59 Å². The summed E-state index contributed by atoms with van der Waals surface area (Å²) in [4.78, 5) is 30.8. The zero-order chi connectivity index (χ0) is 17.5. The fourth-order valence-electron chi connectivity index (χ4n) is 3.82. The minimum absolute atomic E-state index is 0.00408. The normalized spacial score (nSPS) is 22.3. The van der Waals surface area contributed by atoms with E-state index < -0.39 is 0 Å². The van der Waals surface area contributed by atoms with Gasteiger partial charge in [-0.15, -0.1) is 0 Å². The number of hydrogen-bond donors (Lipinski definition) is 2. The van der Waals surface area contributed by atoms with E-state index in [1.165, 1.54) is 19.3 Å². The van der Waals surface area contributed by atoms with Gasteiger partial charge in [0, 0.05) is 30.7 Å². The van der Waals surface area contributed by atoms with Crippen molar-refractivity contribution in [2.75, 3.05) is 25.0 Å². The first-order chi connectivity index (χ1) is 12.2. The van der Waals surface area contributed by atoms with Crippen molar-refractivity contribution >= 4 is 17.5 Å². The molecule has 2 fully saturated rings. The van der Waals surface area contributed by atoms with Crippen LogP contribution in [0.4, 0.5) is 5.69 Å². The van der Waals surface area contributed by atoms with Gasteiger partial charge in [-0.3, -0.25) is 19.5 Å². The maximum Gasteiger partial charge on any atom is 0.238 e. The highest BCUT2D eigenvalue weighted by atomic mass is 16.2. The van der Waals surface area contributed by atoms with Gasteiger partial charge in [0.1, 0.15) is 0 Å². The van der Waals surface area contributed by atoms with Crippen LogP contribution in [0.15, 0.2) is 24.5 Å². The number of nitrogens with one attached hydrogen (secondary N) is 2. The van der Waals surface area contributed by atoms with Crippen LogP contribution in [-0.2, 0) is 9.59 Å². The summed E-state index contributed by atoms with van der Waals surface area (Å²) in [6.45, 7) is 1.87. The molecule has 2 N–H and O–H groups in total. The number of nitrogens with zero attached hydrogens (tertiary/aromatic N) is 2. The minimum Gasteiger partial charge on any atom is -0.353 e. The number of amides is 2. The Balaban J connectivity index is 1.45. The monoisotopic (exact) mass is 344 g/mol. The van der Waals surface area contributed by atoms with Crippen molar-refractivity contribution in [3.63, 3.8) is 0 Å². The van der Waals surface area contributed by atoms with E-state index in [2.05, 4.69) is 20.5 Å². The van der Waals surface area contributed by atoms with Gasteiger partial charge >= 0.3 is 0 Å². The highest BCUT2D eigenvalue weighted by molar-refractivity contribution is 5.92. The molecule has 1 atom stereocenters. The molecule has 1 saturated carbocycles. The summed E-state index contributed by atoms with van der Waals surface area (Å²) < 4.78 is 0. The molecule has 1 aliphatic heterocycles. The van der Waals surface area contributed by atoms with Crippen LogP contribution in [0, 0.1) is 5.92 Å². The number of rotatable bonds is 5. The van der Waals surface area contributed by atoms with Crippen LogP contribution in [0.1, 0.15) is 44.9 Å². The van der Waals surface area contributed by atoms with Gasteiger partial charge in [-0.2, -0.15) is 0 Å². The molecule has 136 valence electrons. The molecule has 1 unspecified atom stereocenters. The van der Waals surface area contributed by atoms with Crippen molar-refractivity contribution in [2.24, 2.45) is 5.92 Å². The summed E-state index contributed by atoms with van der Waals surface area (Å²) >= 11 is 0. The Labute approximate surface area is 149 Å². The van der Waals surface area contributed by atoms with Crippen LogP contribution >= 0.6 is 0 Å². The third-order valence-corrected chi connectivity index (χ3v) is 5.16. The molecule has 1 aromatic rings. The predicted octanol–water partition coefficient (Wildman–Crippen LogP) is 2.18. The number of anilines is 1. The second kappa shape index (κ2) is 8.94. The first-order valence-corrected chi connectivity index (χ1v) is 9.43. The Bertz CT molecular complexity index is 572. The molecule has 2 aliphatic rings. The van der Waals surface area contributed by atoms with Crippen molar-refractivity contribution in [1.29, 1.82) is 0 Å². The van der Waals surface area contributed by atoms with Crippen LogP contribution in [-0.4, -0.2) is 47.4 Å². The van der Waals surface area contributed by atoms with Crippen LogP contribution in [0.25, 0.3) is 0 Å². The fraction of sp³-hybridized carbons (Fsp3) is 0.632. The maximum absolute atomic E-state index is 12.5. The zero-order valence-electron chi connectivity index (χ0n) is 14.7. The van der Waals surface area contributed by atoms with E-state index >= 15 is 0 Å². The lowest BCUT2D eigenvalue weighted by atomic mass is 9.93. The molecule has 2 heterocycles. The van der Waals surface area contributed by atoms with Crippen LogP contribution in [0.2, 0.25) is 0 Å². The molecule has 2 amide bonds. The third kappa shape index (κ3) is 5.53. The Morgan fingerprint density at radius 2 is 1.84 bits per heavy atom. The van der Waals surface area contributed by atoms with Crippen molar-refractivity contribution in [2.45, 2.75) is 51.0 Å². The van der Waals surface area contributed by atoms with Gasteiger partial charge in [0.2, 0.25) is 11.8 Å². The molecule has 0 bridgehead atoms. The second-order valence-electron chi connectivity index (χ2n) is 7.20. The summed E-state index contributed by atoms with van der Waals surface area (Å²) in [5.41, 5.74) is 0.753. The second-order valence-corrected chi connectivity index (χ2v) is 7.20. The molecule has 25 heavy (non-hydrogen) atoms. The molecular formula is C19H28N4O2. The lowest BCUT2D eigenvalue weighted by Gasteiger charge is -2.33. The van der Waals surface area contributed by atoms with E-state index in [0.29, 0.717) is 19.1 Å². The number of hydrogen-bond acceptors (Lipinski definition) is 4. The number of carbonyl (C=O) groups excluding carboxylic acids is 2. The predicted molar refractivity (Wildman–Crippen MR) is 97.0 cm³/mol. The summed E-state index contributed by atoms with van der Waals surface area (Å²) in [7, 11) is 0. The summed E-state index contributed by atoms with van der Waals surface area (Å²) in [5, 5.41) is 6.11. The number of pyridine rings is 1. The van der Waals surface area contributed by atoms with Gasteiger partial charge in [0.25, 0.3) is 0 Å². The van der Waals surface area contributed by atoms with Crippen molar-refractivity contribution in [3.05, 3.63) is 24.5 Å². The third-order valence-electron chi connectivity index (χ3n) is 5.16. The van der Waals surface area contributed by atoms with E-state index in [1.807, 2.05) is 0 Å². The van der Waals surface area contributed by atoms with Crippen LogP contribution in [0.3, 0.4) is 0 Å². The molecule has 0 aromatic carbocycles. The topological polar surface area (TPSA) is 74.3 Å². The average Bonchev–Trinajstić information content (AvgIpc) is 2.63. The van der Waals surface area contributed by atoms with Gasteiger partial charge in [-0.05, 0) is 44.4 Å². The van der Waals surface area contributed by atoms with Crippen molar-refractivity contribution in [1.82, 2.24) is 15.2 Å². The molecule has 1 aromatic heterocycles. The number of likely N-dealkylation sites (tertiary alicyclic amines) is 1. The Morgan fingerprint density at radius 3 is 2.60 bits per heavy atom. The Kier molecular flexibility index (Phi) is 6.39. The maximum atomic E-state index is 12.5. The summed E-state index contributed by atoms with van der Waals surface area (Å²) in [6, 6.07) is 3.90. The number of aromatic nitrogens is 1. The molecular weight excluding hydrogens is 316 g/mol. The van der Waals surface area contributed by atoms with E-state index in [1.54, 1.807) is 24.5 Å². The van der Waals surface area contributed by atoms with Gasteiger partial charge in [-0.25, -0.2) is 0 Å². The smallest absolute Gasteiger partial charge is 0.238 e. The molecule has 1 saturated heterocycles. The molecule has 1 aliphatic carbocycles. The van der Waals surface area contributed by atoms with Crippen LogP contribution in [0.5, 0.6) is 0 Å². The molecule has 0 spiro atoms. The van der Waals surface area contributed by atoms with Crippen molar-refractivity contribution < 1.29 is 9.59 Å². The Morgan fingerprint density at radius 1 is 1.08 bits per heavy atom. The van der Waals surface area contributed by atoms with E-state index in [4.69, 9.17) is 0 Å². The standard InChI is InChI=1S/C19H28N4O2/c24-18(21-17-8-10-20-11-9-17)14-23-12-4-5-15(13-23)19(25)22-16-6-2-1-3-7-16/h8-11,15-16H,1-7,12-14H2,(H,22,25)(H,20,21,24). The minimum atomic E-state index is -0.0421. The quantitative estimate of drug-likeness (QED) is 0.859. The van der Waals surface area contributed by atoms with Gasteiger partial charge in [-0.1, -0.05) is 19.3 Å². The van der Waals surface area contributed by atoms with Gasteiger partial charge in [0.05, 0.1) is 12.5 Å². The zero-order valence-corrected chi connectivity index (χ0v) is 14.7. The highest BCUT2D eigenvalue weighted by Crippen LogP contribution is 2.20. The SMILES string of the molecule is O=C(CN1CCCC(C(=O)NC2CCCCC2)C1)Nc1ccncc1. The first-order valence-electron chi connectivity index (χ1n) is 9.43. The molecule has 6 heteroatoms. The summed E-state index contributed by atoms with van der Waals surface area (Å²) in [6.07, 6.45) is 11.1. The largest absolute Gasteiger partial charge is 0.353 e. The molecule has 0 radical (unpaired) electrons. The Hall–Kier alpha value is -1.95. The van der Waals surface area contributed by atoms with E-state index in [0.717, 1.165) is 37.9 Å². The van der Waals surface area contributed by atoms with Gasteiger partial charge < -0.3 is 10.6 Å². The number of piperidine rings is 1. The lowest BCUT2D eigenvalue weighted by molar-refractivity contribution is -0.128. The average molecular weight is 344 g/mol. The van der Waals surface area contributed by atoms with Crippen molar-refractivity contribution in [3.8, 4) is 0 Å². The van der Waals surface area contributed by atoms with E-state index in [-0.39, 0.29) is 17.7 Å².